The highest BCUT2D eigenvalue weighted by Gasteiger charge is 2.53. The smallest absolute Gasteiger partial charge is 0.404 e. The maximum Gasteiger partial charge on any atom is 0.404 e. The van der Waals surface area contributed by atoms with Gasteiger partial charge >= 0.3 is 11.7 Å². The Morgan fingerprint density at radius 1 is 1.26 bits per heavy atom. The molecule has 1 amide bonds. The zero-order valence-corrected chi connectivity index (χ0v) is 15.1. The van der Waals surface area contributed by atoms with Crippen LogP contribution in [0.1, 0.15) is 13.8 Å². The predicted octanol–water partition coefficient (Wildman–Crippen LogP) is 1.15. The first-order valence-corrected chi connectivity index (χ1v) is 8.26. The van der Waals surface area contributed by atoms with Gasteiger partial charge in [-0.15, -0.1) is 0 Å². The molecule has 27 heavy (non-hydrogen) atoms. The maximum absolute atomic E-state index is 11.4. The number of methoxy groups -OCH3 is 1. The lowest BCUT2D eigenvalue weighted by molar-refractivity contribution is -0.304. The molecule has 0 spiro atoms. The maximum atomic E-state index is 11.4. The minimum atomic E-state index is -1.37. The summed E-state index contributed by atoms with van der Waals surface area (Å²) >= 11 is 0. The summed E-state index contributed by atoms with van der Waals surface area (Å²) in [6.07, 6.45) is -5.46. The molecule has 4 atom stereocenters. The topological polar surface area (TPSA) is 130 Å². The first-order chi connectivity index (χ1) is 12.7. The van der Waals surface area contributed by atoms with Crippen molar-refractivity contribution in [3.63, 3.8) is 0 Å². The molecule has 1 aromatic heterocycles. The Kier molecular flexibility index (Phi) is 5.09. The van der Waals surface area contributed by atoms with Gasteiger partial charge in [-0.1, -0.05) is 0 Å². The van der Waals surface area contributed by atoms with E-state index < -0.39 is 41.9 Å². The van der Waals surface area contributed by atoms with Crippen LogP contribution in [0.4, 0.5) is 4.79 Å². The highest BCUT2D eigenvalue weighted by molar-refractivity contribution is 5.77. The number of amides is 1. The average molecular weight is 379 g/mol. The van der Waals surface area contributed by atoms with Crippen molar-refractivity contribution in [2.24, 2.45) is 5.73 Å². The second kappa shape index (κ2) is 7.18. The summed E-state index contributed by atoms with van der Waals surface area (Å²) in [5, 5.41) is 11.3. The van der Waals surface area contributed by atoms with Crippen molar-refractivity contribution in [1.29, 1.82) is 0 Å². The summed E-state index contributed by atoms with van der Waals surface area (Å²) in [6, 6.07) is 7.78. The molecule has 1 saturated heterocycles. The third kappa shape index (κ3) is 3.90. The van der Waals surface area contributed by atoms with Crippen LogP contribution in [0.5, 0.6) is 5.75 Å². The number of rotatable bonds is 4. The van der Waals surface area contributed by atoms with Gasteiger partial charge in [0.2, 0.25) is 6.29 Å². The number of hydrogen-bond acceptors (Lipinski definition) is 8. The molecule has 1 aromatic carbocycles. The van der Waals surface area contributed by atoms with Gasteiger partial charge < -0.3 is 34.2 Å². The minimum absolute atomic E-state index is 0.297. The van der Waals surface area contributed by atoms with Crippen molar-refractivity contribution < 1.29 is 33.3 Å². The first kappa shape index (κ1) is 19.2. The molecule has 1 aliphatic rings. The molecule has 9 heteroatoms. The fourth-order valence-electron chi connectivity index (χ4n) is 3.19. The van der Waals surface area contributed by atoms with Gasteiger partial charge in [-0.2, -0.15) is 0 Å². The quantitative estimate of drug-likeness (QED) is 0.757. The Bertz CT molecular complexity index is 892. The molecule has 0 bridgehead atoms. The molecule has 3 rings (SSSR count). The van der Waals surface area contributed by atoms with E-state index in [9.17, 15) is 14.7 Å². The third-order valence-electron chi connectivity index (χ3n) is 4.37. The summed E-state index contributed by atoms with van der Waals surface area (Å²) in [6.45, 7) is 3.42. The van der Waals surface area contributed by atoms with Gasteiger partial charge in [-0.3, -0.25) is 0 Å². The molecule has 0 saturated carbocycles. The van der Waals surface area contributed by atoms with Crippen molar-refractivity contribution in [2.45, 2.75) is 44.1 Å². The fraction of sp³-hybridized carbons (Fsp3) is 0.444. The van der Waals surface area contributed by atoms with Crippen LogP contribution in [-0.2, 0) is 14.2 Å². The molecule has 9 nitrogen and oxygen atoms in total. The molecule has 4 unspecified atom stereocenters. The molecule has 0 radical (unpaired) electrons. The number of ether oxygens (including phenoxy) is 4. The van der Waals surface area contributed by atoms with Gasteiger partial charge in [-0.05, 0) is 32.0 Å². The molecule has 1 aliphatic heterocycles. The number of carbonyl (C=O) groups excluding carboxylic acids is 1. The van der Waals surface area contributed by atoms with Crippen LogP contribution >= 0.6 is 0 Å². The molecule has 1 fully saturated rings. The van der Waals surface area contributed by atoms with E-state index in [1.165, 1.54) is 19.2 Å². The van der Waals surface area contributed by atoms with Crippen LogP contribution in [0, 0.1) is 0 Å². The molecule has 2 heterocycles. The summed E-state index contributed by atoms with van der Waals surface area (Å²) in [7, 11) is 1.41. The van der Waals surface area contributed by atoms with E-state index in [1.807, 2.05) is 0 Å². The van der Waals surface area contributed by atoms with Crippen molar-refractivity contribution >= 4 is 17.1 Å². The Morgan fingerprint density at radius 2 is 1.96 bits per heavy atom. The lowest BCUT2D eigenvalue weighted by Gasteiger charge is -2.47. The Labute approximate surface area is 154 Å². The number of aliphatic hydroxyl groups is 1. The van der Waals surface area contributed by atoms with Crippen molar-refractivity contribution in [3.05, 3.63) is 40.8 Å². The Morgan fingerprint density at radius 3 is 2.63 bits per heavy atom. The number of carbonyl (C=O) groups is 1. The molecular weight excluding hydrogens is 358 g/mol. The highest BCUT2D eigenvalue weighted by atomic mass is 16.7. The molecular formula is C18H21NO8. The van der Waals surface area contributed by atoms with Crippen molar-refractivity contribution in [3.8, 4) is 5.75 Å². The van der Waals surface area contributed by atoms with Gasteiger partial charge in [-0.25, -0.2) is 9.59 Å². The molecule has 2 aromatic rings. The summed E-state index contributed by atoms with van der Waals surface area (Å²) < 4.78 is 27.1. The van der Waals surface area contributed by atoms with E-state index in [0.717, 1.165) is 0 Å². The lowest BCUT2D eigenvalue weighted by Crippen LogP contribution is -2.65. The summed E-state index contributed by atoms with van der Waals surface area (Å²) in [5.74, 6) is 0.297. The van der Waals surface area contributed by atoms with Crippen LogP contribution in [0.15, 0.2) is 39.5 Å². The van der Waals surface area contributed by atoms with Crippen molar-refractivity contribution in [1.82, 2.24) is 0 Å². The SMILES string of the molecule is COC1C(OC(N)=O)C(O)C(Oc2ccc3ccc(=O)oc3c2)OC1(C)C. The van der Waals surface area contributed by atoms with E-state index in [2.05, 4.69) is 0 Å². The van der Waals surface area contributed by atoms with Crippen LogP contribution in [-0.4, -0.2) is 48.5 Å². The van der Waals surface area contributed by atoms with Gasteiger partial charge in [0, 0.05) is 24.6 Å². The predicted molar refractivity (Wildman–Crippen MR) is 93.3 cm³/mol. The number of hydrogen-bond donors (Lipinski definition) is 2. The third-order valence-corrected chi connectivity index (χ3v) is 4.37. The number of fused-ring (bicyclic) bond motifs is 1. The number of aliphatic hydroxyl groups excluding tert-OH is 1. The first-order valence-electron chi connectivity index (χ1n) is 8.26. The lowest BCUT2D eigenvalue weighted by atomic mass is 9.89. The number of benzene rings is 1. The zero-order valence-electron chi connectivity index (χ0n) is 15.1. The minimum Gasteiger partial charge on any atom is -0.462 e. The van der Waals surface area contributed by atoms with E-state index in [1.54, 1.807) is 32.0 Å². The largest absolute Gasteiger partial charge is 0.462 e. The molecule has 146 valence electrons. The summed E-state index contributed by atoms with van der Waals surface area (Å²) in [4.78, 5) is 22.6. The van der Waals surface area contributed by atoms with E-state index >= 15 is 0 Å². The second-order valence-corrected chi connectivity index (χ2v) is 6.71. The standard InChI is InChI=1S/C18H21NO8/c1-18(2)15(23-3)14(26-17(19)22)13(21)16(27-18)24-10-6-4-9-5-7-12(20)25-11(9)8-10/h4-8,13-16,21H,1-3H3,(H2,19,22). The Hall–Kier alpha value is -2.62. The van der Waals surface area contributed by atoms with Crippen LogP contribution in [0.3, 0.4) is 0 Å². The van der Waals surface area contributed by atoms with E-state index in [4.69, 9.17) is 29.1 Å². The number of primary amides is 1. The van der Waals surface area contributed by atoms with Gasteiger partial charge in [0.05, 0.1) is 5.60 Å². The normalized spacial score (nSPS) is 27.3. The van der Waals surface area contributed by atoms with Gasteiger partial charge in [0.15, 0.2) is 12.2 Å². The van der Waals surface area contributed by atoms with Crippen molar-refractivity contribution in [2.75, 3.05) is 7.11 Å². The Balaban J connectivity index is 1.89. The van der Waals surface area contributed by atoms with Crippen LogP contribution in [0.2, 0.25) is 0 Å². The summed E-state index contributed by atoms with van der Waals surface area (Å²) in [5.41, 5.74) is 3.99. The molecule has 0 aliphatic carbocycles. The zero-order chi connectivity index (χ0) is 19.8. The van der Waals surface area contributed by atoms with Gasteiger partial charge in [0.25, 0.3) is 0 Å². The highest BCUT2D eigenvalue weighted by Crippen LogP contribution is 2.34. The number of nitrogens with two attached hydrogens (primary N) is 1. The fourth-order valence-corrected chi connectivity index (χ4v) is 3.19. The van der Waals surface area contributed by atoms with Gasteiger partial charge in [0.1, 0.15) is 17.4 Å². The monoisotopic (exact) mass is 379 g/mol. The second-order valence-electron chi connectivity index (χ2n) is 6.71. The van der Waals surface area contributed by atoms with E-state index in [0.29, 0.717) is 16.7 Å². The average Bonchev–Trinajstić information content (AvgIpc) is 2.58. The van der Waals surface area contributed by atoms with Crippen LogP contribution in [0.25, 0.3) is 11.0 Å². The van der Waals surface area contributed by atoms with E-state index in [-0.39, 0.29) is 0 Å². The van der Waals surface area contributed by atoms with Crippen LogP contribution < -0.4 is 16.1 Å². The molecule has 3 N–H and O–H groups in total.